The molecule has 0 aliphatic heterocycles. The Morgan fingerprint density at radius 3 is 2.50 bits per heavy atom. The van der Waals surface area contributed by atoms with Gasteiger partial charge in [-0.2, -0.15) is 0 Å². The maximum atomic E-state index is 12.9. The zero-order valence-electron chi connectivity index (χ0n) is 15.5. The third-order valence-electron chi connectivity index (χ3n) is 4.17. The van der Waals surface area contributed by atoms with Gasteiger partial charge in [-0.3, -0.25) is 4.79 Å². The van der Waals surface area contributed by atoms with Crippen LogP contribution in [-0.2, 0) is 0 Å². The third kappa shape index (κ3) is 5.02. The molecule has 0 radical (unpaired) electrons. The fourth-order valence-corrected chi connectivity index (χ4v) is 3.23. The molecule has 0 aliphatic carbocycles. The summed E-state index contributed by atoms with van der Waals surface area (Å²) in [6.07, 6.45) is 1.33. The van der Waals surface area contributed by atoms with Crippen LogP contribution in [0.25, 0.3) is 0 Å². The SMILES string of the molecule is C[C@H](NC(=O)c1cc(Cl)cnc1Oc1cc(Cl)ccc1Cl)c1ccccc1C(=O)O. The molecule has 6 nitrogen and oxygen atoms in total. The van der Waals surface area contributed by atoms with Gasteiger partial charge < -0.3 is 15.2 Å². The lowest BCUT2D eigenvalue weighted by Crippen LogP contribution is -2.28. The molecule has 0 unspecified atom stereocenters. The summed E-state index contributed by atoms with van der Waals surface area (Å²) in [6, 6.07) is 11.9. The summed E-state index contributed by atoms with van der Waals surface area (Å²) < 4.78 is 5.71. The van der Waals surface area contributed by atoms with E-state index < -0.39 is 17.9 Å². The quantitative estimate of drug-likeness (QED) is 0.464. The van der Waals surface area contributed by atoms with Crippen LogP contribution in [0.2, 0.25) is 15.1 Å². The maximum absolute atomic E-state index is 12.9. The van der Waals surface area contributed by atoms with Crippen molar-refractivity contribution in [2.45, 2.75) is 13.0 Å². The smallest absolute Gasteiger partial charge is 0.336 e. The second kappa shape index (κ2) is 9.34. The Hall–Kier alpha value is -2.80. The van der Waals surface area contributed by atoms with Crippen molar-refractivity contribution in [3.8, 4) is 11.6 Å². The summed E-state index contributed by atoms with van der Waals surface area (Å²) in [5.74, 6) is -1.45. The van der Waals surface area contributed by atoms with E-state index in [1.165, 1.54) is 24.4 Å². The number of carboxylic acid groups (broad SMARTS) is 1. The zero-order valence-corrected chi connectivity index (χ0v) is 17.8. The lowest BCUT2D eigenvalue weighted by molar-refractivity contribution is 0.0693. The Labute approximate surface area is 187 Å². The summed E-state index contributed by atoms with van der Waals surface area (Å²) >= 11 is 18.1. The molecule has 0 fully saturated rings. The van der Waals surface area contributed by atoms with E-state index in [0.717, 1.165) is 0 Å². The minimum Gasteiger partial charge on any atom is -0.478 e. The van der Waals surface area contributed by atoms with Gasteiger partial charge >= 0.3 is 5.97 Å². The number of aromatic carboxylic acids is 1. The van der Waals surface area contributed by atoms with Gasteiger partial charge in [0.25, 0.3) is 5.91 Å². The van der Waals surface area contributed by atoms with E-state index in [1.54, 1.807) is 37.3 Å². The first-order chi connectivity index (χ1) is 14.3. The lowest BCUT2D eigenvalue weighted by Gasteiger charge is -2.18. The van der Waals surface area contributed by atoms with E-state index in [9.17, 15) is 14.7 Å². The second-order valence-electron chi connectivity index (χ2n) is 6.27. The molecular formula is C21H15Cl3N2O4. The number of carbonyl (C=O) groups is 2. The highest BCUT2D eigenvalue weighted by molar-refractivity contribution is 6.34. The van der Waals surface area contributed by atoms with Gasteiger partial charge in [0.1, 0.15) is 11.3 Å². The van der Waals surface area contributed by atoms with Crippen LogP contribution in [0.5, 0.6) is 11.6 Å². The predicted molar refractivity (Wildman–Crippen MR) is 115 cm³/mol. The molecule has 30 heavy (non-hydrogen) atoms. The molecule has 0 saturated carbocycles. The molecule has 154 valence electrons. The van der Waals surface area contributed by atoms with E-state index in [0.29, 0.717) is 10.6 Å². The molecule has 9 heteroatoms. The number of benzene rings is 2. The number of carbonyl (C=O) groups excluding carboxylic acids is 1. The van der Waals surface area contributed by atoms with Gasteiger partial charge in [0, 0.05) is 17.3 Å². The molecule has 0 aliphatic rings. The predicted octanol–water partition coefficient (Wildman–Crippen LogP) is 6.02. The number of carboxylic acids is 1. The summed E-state index contributed by atoms with van der Waals surface area (Å²) in [4.78, 5) is 28.5. The van der Waals surface area contributed by atoms with E-state index >= 15 is 0 Å². The normalized spacial score (nSPS) is 11.6. The topological polar surface area (TPSA) is 88.5 Å². The lowest BCUT2D eigenvalue weighted by atomic mass is 10.0. The number of ether oxygens (including phenoxy) is 1. The van der Waals surface area contributed by atoms with Gasteiger partial charge in [0.2, 0.25) is 5.88 Å². The van der Waals surface area contributed by atoms with Crippen LogP contribution in [0, 0.1) is 0 Å². The van der Waals surface area contributed by atoms with Crippen LogP contribution in [0.3, 0.4) is 0 Å². The average Bonchev–Trinajstić information content (AvgIpc) is 2.71. The molecule has 2 N–H and O–H groups in total. The number of rotatable bonds is 6. The fourth-order valence-electron chi connectivity index (χ4n) is 2.75. The molecule has 0 spiro atoms. The van der Waals surface area contributed by atoms with E-state index in [2.05, 4.69) is 10.3 Å². The molecule has 3 aromatic rings. The van der Waals surface area contributed by atoms with Crippen molar-refractivity contribution in [2.24, 2.45) is 0 Å². The molecule has 1 amide bonds. The van der Waals surface area contributed by atoms with Crippen molar-refractivity contribution in [3.05, 3.63) is 86.5 Å². The highest BCUT2D eigenvalue weighted by Crippen LogP contribution is 2.33. The molecule has 1 heterocycles. The van der Waals surface area contributed by atoms with Crippen molar-refractivity contribution in [1.29, 1.82) is 0 Å². The summed E-state index contributed by atoms with van der Waals surface area (Å²) in [5, 5.41) is 13.0. The number of nitrogens with one attached hydrogen (secondary N) is 1. The van der Waals surface area contributed by atoms with Gasteiger partial charge in [-0.15, -0.1) is 0 Å². The number of pyridine rings is 1. The van der Waals surface area contributed by atoms with Crippen LogP contribution in [0.15, 0.2) is 54.7 Å². The molecule has 1 atom stereocenters. The first-order valence-electron chi connectivity index (χ1n) is 8.67. The Kier molecular flexibility index (Phi) is 6.82. The number of halogens is 3. The van der Waals surface area contributed by atoms with Gasteiger partial charge in [-0.1, -0.05) is 53.0 Å². The van der Waals surface area contributed by atoms with E-state index in [1.807, 2.05) is 0 Å². The van der Waals surface area contributed by atoms with Crippen LogP contribution < -0.4 is 10.1 Å². The highest BCUT2D eigenvalue weighted by atomic mass is 35.5. The molecule has 0 bridgehead atoms. The summed E-state index contributed by atoms with van der Waals surface area (Å²) in [6.45, 7) is 1.67. The van der Waals surface area contributed by atoms with Crippen molar-refractivity contribution in [2.75, 3.05) is 0 Å². The van der Waals surface area contributed by atoms with Crippen LogP contribution in [0.1, 0.15) is 39.2 Å². The third-order valence-corrected chi connectivity index (χ3v) is 4.92. The first-order valence-corrected chi connectivity index (χ1v) is 9.81. The van der Waals surface area contributed by atoms with Gasteiger partial charge in [0.05, 0.1) is 21.7 Å². The fraction of sp³-hybridized carbons (Fsp3) is 0.0952. The number of amides is 1. The molecule has 1 aromatic heterocycles. The van der Waals surface area contributed by atoms with Crippen LogP contribution in [0.4, 0.5) is 0 Å². The molecular weight excluding hydrogens is 451 g/mol. The van der Waals surface area contributed by atoms with Gasteiger partial charge in [-0.25, -0.2) is 9.78 Å². The zero-order chi connectivity index (χ0) is 21.8. The average molecular weight is 466 g/mol. The van der Waals surface area contributed by atoms with Crippen molar-refractivity contribution >= 4 is 46.7 Å². The number of nitrogens with zero attached hydrogens (tertiary/aromatic N) is 1. The van der Waals surface area contributed by atoms with Gasteiger partial charge in [0.15, 0.2) is 0 Å². The highest BCUT2D eigenvalue weighted by Gasteiger charge is 2.21. The Morgan fingerprint density at radius 2 is 1.77 bits per heavy atom. The van der Waals surface area contributed by atoms with Crippen LogP contribution >= 0.6 is 34.8 Å². The maximum Gasteiger partial charge on any atom is 0.336 e. The van der Waals surface area contributed by atoms with Gasteiger partial charge in [-0.05, 0) is 36.8 Å². The minimum atomic E-state index is -1.09. The number of hydrogen-bond acceptors (Lipinski definition) is 4. The molecule has 3 rings (SSSR count). The van der Waals surface area contributed by atoms with Crippen molar-refractivity contribution in [1.82, 2.24) is 10.3 Å². The minimum absolute atomic E-state index is 0.0280. The first kappa shape index (κ1) is 21.9. The summed E-state index contributed by atoms with van der Waals surface area (Å²) in [7, 11) is 0. The van der Waals surface area contributed by atoms with E-state index in [-0.39, 0.29) is 32.8 Å². The number of aromatic nitrogens is 1. The van der Waals surface area contributed by atoms with Crippen molar-refractivity contribution in [3.63, 3.8) is 0 Å². The summed E-state index contributed by atoms with van der Waals surface area (Å²) in [5.41, 5.74) is 0.601. The Bertz CT molecular complexity index is 1120. The van der Waals surface area contributed by atoms with Crippen molar-refractivity contribution < 1.29 is 19.4 Å². The standard InChI is InChI=1S/C21H15Cl3N2O4/c1-11(14-4-2-3-5-15(14)21(28)29)26-19(27)16-8-13(23)10-25-20(16)30-18-9-12(22)6-7-17(18)24/h2-11H,1H3,(H,26,27)(H,28,29)/t11-/m0/s1. The largest absolute Gasteiger partial charge is 0.478 e. The second-order valence-corrected chi connectivity index (χ2v) is 7.55. The van der Waals surface area contributed by atoms with E-state index in [4.69, 9.17) is 39.5 Å². The Balaban J connectivity index is 1.90. The monoisotopic (exact) mass is 464 g/mol. The molecule has 2 aromatic carbocycles. The number of hydrogen-bond donors (Lipinski definition) is 2. The Morgan fingerprint density at radius 1 is 1.03 bits per heavy atom. The molecule has 0 saturated heterocycles. The van der Waals surface area contributed by atoms with Crippen LogP contribution in [-0.4, -0.2) is 22.0 Å².